The largest absolute Gasteiger partial charge is 0.478 e. The quantitative estimate of drug-likeness (QED) is 0.293. The van der Waals surface area contributed by atoms with Crippen molar-refractivity contribution >= 4 is 40.7 Å². The Morgan fingerprint density at radius 2 is 1.73 bits per heavy atom. The van der Waals surface area contributed by atoms with Gasteiger partial charge in [-0.25, -0.2) is 9.79 Å². The minimum absolute atomic E-state index is 0.147. The fraction of sp³-hybridized carbons (Fsp3) is 0.0938. The monoisotopic (exact) mass is 564 g/mol. The standard InChI is InChI=1S/C32H21ClN2O4S/c33-25-12-6-5-11-23(25)29-24-15-13-18-7-1-2-8-20(18)28(24)34-32-35(29)30(36)27(40-32)17-19-14-16-26(39-19)21-9-3-4-10-22(21)31(37)38/h1-12,14,16-17,29H,13,15H2,(H,37,38)/b27-17-/t29-/m1/s1. The number of allylic oxidation sites excluding steroid dienone is 1. The first-order chi connectivity index (χ1) is 19.5. The van der Waals surface area contributed by atoms with Gasteiger partial charge in [0.1, 0.15) is 11.5 Å². The van der Waals surface area contributed by atoms with Crippen molar-refractivity contribution in [2.45, 2.75) is 18.9 Å². The van der Waals surface area contributed by atoms with E-state index in [4.69, 9.17) is 21.0 Å². The molecule has 3 heterocycles. The van der Waals surface area contributed by atoms with E-state index in [1.54, 1.807) is 41.0 Å². The summed E-state index contributed by atoms with van der Waals surface area (Å²) in [4.78, 5) is 31.3. The highest BCUT2D eigenvalue weighted by molar-refractivity contribution is 7.07. The summed E-state index contributed by atoms with van der Waals surface area (Å²) in [6.07, 6.45) is 3.33. The van der Waals surface area contributed by atoms with Gasteiger partial charge in [0, 0.05) is 22.2 Å². The zero-order valence-electron chi connectivity index (χ0n) is 21.0. The number of nitrogens with zero attached hydrogens (tertiary/aromatic N) is 2. The van der Waals surface area contributed by atoms with Gasteiger partial charge in [0.05, 0.1) is 21.8 Å². The molecule has 8 heteroatoms. The maximum absolute atomic E-state index is 14.0. The lowest BCUT2D eigenvalue weighted by Gasteiger charge is -2.31. The molecule has 40 heavy (non-hydrogen) atoms. The van der Waals surface area contributed by atoms with Gasteiger partial charge in [0.2, 0.25) is 0 Å². The first-order valence-corrected chi connectivity index (χ1v) is 14.0. The van der Waals surface area contributed by atoms with Gasteiger partial charge >= 0.3 is 5.97 Å². The maximum Gasteiger partial charge on any atom is 0.336 e. The number of rotatable bonds is 4. The number of halogens is 1. The van der Waals surface area contributed by atoms with Crippen LogP contribution in [0.3, 0.4) is 0 Å². The van der Waals surface area contributed by atoms with Crippen molar-refractivity contribution in [2.24, 2.45) is 4.99 Å². The fourth-order valence-corrected chi connectivity index (χ4v) is 6.80. The number of benzene rings is 3. The van der Waals surface area contributed by atoms with Crippen LogP contribution in [0, 0.1) is 0 Å². The normalized spacial score (nSPS) is 16.2. The number of carboxylic acids is 1. The smallest absolute Gasteiger partial charge is 0.336 e. The molecule has 2 aliphatic rings. The predicted molar refractivity (Wildman–Crippen MR) is 155 cm³/mol. The first kappa shape index (κ1) is 24.6. The highest BCUT2D eigenvalue weighted by Crippen LogP contribution is 2.42. The molecule has 0 radical (unpaired) electrons. The second-order valence-corrected chi connectivity index (χ2v) is 11.1. The van der Waals surface area contributed by atoms with Crippen LogP contribution in [0.4, 0.5) is 0 Å². The third kappa shape index (κ3) is 3.97. The second kappa shape index (κ2) is 9.62. The van der Waals surface area contributed by atoms with Crippen molar-refractivity contribution in [3.05, 3.63) is 143 Å². The number of hydrogen-bond acceptors (Lipinski definition) is 5. The number of carboxylic acid groups (broad SMARTS) is 1. The minimum atomic E-state index is -1.04. The fourth-order valence-electron chi connectivity index (χ4n) is 5.58. The molecule has 1 aliphatic heterocycles. The maximum atomic E-state index is 14.0. The predicted octanol–water partition coefficient (Wildman–Crippen LogP) is 5.93. The van der Waals surface area contributed by atoms with Crippen molar-refractivity contribution < 1.29 is 14.3 Å². The highest BCUT2D eigenvalue weighted by Gasteiger charge is 2.33. The van der Waals surface area contributed by atoms with Gasteiger partial charge in [0.25, 0.3) is 5.56 Å². The Kier molecular flexibility index (Phi) is 5.91. The molecule has 6 nitrogen and oxygen atoms in total. The SMILES string of the molecule is O=C(O)c1ccccc1-c1ccc(/C=c2\sc3n(c2=O)[C@H](c2ccccc2Cl)C2=C(N=3)c3ccccc3CC2)o1. The number of aromatic nitrogens is 1. The van der Waals surface area contributed by atoms with Crippen molar-refractivity contribution in [1.29, 1.82) is 0 Å². The van der Waals surface area contributed by atoms with Gasteiger partial charge in [0.15, 0.2) is 4.80 Å². The number of aromatic carboxylic acids is 1. The van der Waals surface area contributed by atoms with E-state index in [1.165, 1.54) is 23.0 Å². The average molecular weight is 565 g/mol. The van der Waals surface area contributed by atoms with E-state index in [1.807, 2.05) is 36.4 Å². The minimum Gasteiger partial charge on any atom is -0.478 e. The second-order valence-electron chi connectivity index (χ2n) is 9.69. The Hall–Kier alpha value is -4.46. The lowest BCUT2D eigenvalue weighted by atomic mass is 9.83. The van der Waals surface area contributed by atoms with E-state index in [2.05, 4.69) is 12.1 Å². The number of fused-ring (bicyclic) bond motifs is 3. The van der Waals surface area contributed by atoms with Crippen molar-refractivity contribution in [2.75, 3.05) is 0 Å². The summed E-state index contributed by atoms with van der Waals surface area (Å²) < 4.78 is 8.21. The summed E-state index contributed by atoms with van der Waals surface area (Å²) in [5.74, 6) is -0.172. The van der Waals surface area contributed by atoms with Crippen LogP contribution < -0.4 is 14.9 Å². The molecular formula is C32H21ClN2O4S. The molecular weight excluding hydrogens is 544 g/mol. The Labute approximate surface area is 237 Å². The molecule has 0 bridgehead atoms. The summed E-state index contributed by atoms with van der Waals surface area (Å²) in [7, 11) is 0. The van der Waals surface area contributed by atoms with E-state index in [-0.39, 0.29) is 17.2 Å². The molecule has 5 aromatic rings. The lowest BCUT2D eigenvalue weighted by Crippen LogP contribution is -2.38. The first-order valence-electron chi connectivity index (χ1n) is 12.8. The Balaban J connectivity index is 1.41. The van der Waals surface area contributed by atoms with Gasteiger partial charge in [-0.05, 0) is 53.8 Å². The summed E-state index contributed by atoms with van der Waals surface area (Å²) in [5, 5.41) is 10.2. The molecule has 1 aliphatic carbocycles. The van der Waals surface area contributed by atoms with Crippen LogP contribution in [-0.4, -0.2) is 15.6 Å². The Morgan fingerprint density at radius 1 is 0.975 bits per heavy atom. The average Bonchev–Trinajstić information content (AvgIpc) is 3.56. The third-order valence-corrected chi connectivity index (χ3v) is 8.72. The van der Waals surface area contributed by atoms with E-state index >= 15 is 0 Å². The molecule has 0 saturated carbocycles. The van der Waals surface area contributed by atoms with Gasteiger partial charge in [-0.15, -0.1) is 0 Å². The van der Waals surface area contributed by atoms with Gasteiger partial charge < -0.3 is 9.52 Å². The number of hydrogen-bond donors (Lipinski definition) is 1. The molecule has 7 rings (SSSR count). The molecule has 0 amide bonds. The molecule has 0 fully saturated rings. The Bertz CT molecular complexity index is 2050. The van der Waals surface area contributed by atoms with E-state index in [9.17, 15) is 14.7 Å². The molecule has 3 aromatic carbocycles. The van der Waals surface area contributed by atoms with Gasteiger partial charge in [-0.2, -0.15) is 0 Å². The van der Waals surface area contributed by atoms with Crippen LogP contribution in [0.25, 0.3) is 23.1 Å². The Morgan fingerprint density at radius 3 is 2.55 bits per heavy atom. The van der Waals surface area contributed by atoms with Crippen molar-refractivity contribution in [1.82, 2.24) is 4.57 Å². The van der Waals surface area contributed by atoms with Crippen LogP contribution >= 0.6 is 22.9 Å². The van der Waals surface area contributed by atoms with Crippen molar-refractivity contribution in [3.63, 3.8) is 0 Å². The lowest BCUT2D eigenvalue weighted by molar-refractivity contribution is 0.0697. The highest BCUT2D eigenvalue weighted by atomic mass is 35.5. The molecule has 0 spiro atoms. The van der Waals surface area contributed by atoms with Crippen molar-refractivity contribution in [3.8, 4) is 11.3 Å². The van der Waals surface area contributed by atoms with Crippen LogP contribution in [-0.2, 0) is 6.42 Å². The van der Waals surface area contributed by atoms with E-state index in [0.717, 1.165) is 35.2 Å². The summed E-state index contributed by atoms with van der Waals surface area (Å²) >= 11 is 8.01. The van der Waals surface area contributed by atoms with E-state index in [0.29, 0.717) is 31.4 Å². The number of carbonyl (C=O) groups is 1. The molecule has 1 atom stereocenters. The van der Waals surface area contributed by atoms with Crippen LogP contribution in [0.5, 0.6) is 0 Å². The van der Waals surface area contributed by atoms with Gasteiger partial charge in [-0.1, -0.05) is 83.6 Å². The zero-order valence-corrected chi connectivity index (χ0v) is 22.6. The molecule has 0 saturated heterocycles. The van der Waals surface area contributed by atoms with E-state index < -0.39 is 5.97 Å². The third-order valence-electron chi connectivity index (χ3n) is 7.40. The zero-order chi connectivity index (χ0) is 27.4. The summed E-state index contributed by atoms with van der Waals surface area (Å²) in [6, 6.07) is 25.7. The summed E-state index contributed by atoms with van der Waals surface area (Å²) in [5.41, 5.74) is 5.63. The van der Waals surface area contributed by atoms with Crippen LogP contribution in [0.2, 0.25) is 5.02 Å². The van der Waals surface area contributed by atoms with Crippen LogP contribution in [0.1, 0.15) is 45.3 Å². The molecule has 2 aromatic heterocycles. The van der Waals surface area contributed by atoms with Crippen LogP contribution in [0.15, 0.2) is 105 Å². The molecule has 196 valence electrons. The topological polar surface area (TPSA) is 84.8 Å². The number of furan rings is 1. The number of aryl methyl sites for hydroxylation is 1. The molecule has 0 unspecified atom stereocenters. The number of thiazole rings is 1. The summed E-state index contributed by atoms with van der Waals surface area (Å²) in [6.45, 7) is 0. The molecule has 1 N–H and O–H groups in total. The van der Waals surface area contributed by atoms with Gasteiger partial charge in [-0.3, -0.25) is 9.36 Å².